The van der Waals surface area contributed by atoms with E-state index in [0.29, 0.717) is 12.8 Å². The lowest BCUT2D eigenvalue weighted by Crippen LogP contribution is -2.60. The molecule has 15 heteroatoms. The van der Waals surface area contributed by atoms with Crippen LogP contribution in [0.15, 0.2) is 0 Å². The van der Waals surface area contributed by atoms with Crippen LogP contribution in [-0.2, 0) is 0 Å². The molecule has 0 aliphatic rings. The van der Waals surface area contributed by atoms with Gasteiger partial charge in [-0.1, -0.05) is 26.2 Å². The average molecular weight is 539 g/mol. The van der Waals surface area contributed by atoms with Crippen molar-refractivity contribution < 1.29 is 65.0 Å². The summed E-state index contributed by atoms with van der Waals surface area (Å²) in [5.74, 6) is -19.3. The normalized spacial score (nSPS) is 17.5. The molecule has 4 atom stereocenters. The lowest BCUT2D eigenvalue weighted by molar-refractivity contribution is -0.396. The van der Waals surface area contributed by atoms with Gasteiger partial charge >= 0.3 is 23.9 Å². The van der Waals surface area contributed by atoms with E-state index in [0.717, 1.165) is 12.8 Å². The summed E-state index contributed by atoms with van der Waals surface area (Å²) < 4.78 is 117. The van der Waals surface area contributed by atoms with Gasteiger partial charge in [-0.05, 0) is 32.4 Å². The number of aliphatic hydroxyl groups excluding tert-OH is 5. The Labute approximate surface area is 197 Å². The van der Waals surface area contributed by atoms with Gasteiger partial charge in [0.1, 0.15) is 18.3 Å². The van der Waals surface area contributed by atoms with E-state index >= 15 is 0 Å². The molecule has 0 spiro atoms. The largest absolute Gasteiger partial charge is 0.460 e. The standard InChI is InChI=1S/C20H34F9NO5/c1-2-3-4-6-9-30(11-13(32)15(34)16(35)14(33)12-31)10-7-5-8-17(21,22)18(23,24)19(25,26)20(27,28)29/h13-16,31-35H,2-12H2,1H3. The van der Waals surface area contributed by atoms with Crippen LogP contribution in [0.5, 0.6) is 0 Å². The molecule has 0 rings (SSSR count). The van der Waals surface area contributed by atoms with Gasteiger partial charge in [0.25, 0.3) is 0 Å². The molecule has 0 aromatic heterocycles. The Kier molecular flexibility index (Phi) is 13.8. The molecule has 35 heavy (non-hydrogen) atoms. The smallest absolute Gasteiger partial charge is 0.394 e. The van der Waals surface area contributed by atoms with Crippen molar-refractivity contribution in [1.29, 1.82) is 0 Å². The zero-order valence-corrected chi connectivity index (χ0v) is 19.2. The van der Waals surface area contributed by atoms with Crippen LogP contribution in [-0.4, -0.2) is 105 Å². The number of rotatable bonds is 18. The van der Waals surface area contributed by atoms with E-state index in [-0.39, 0.29) is 26.1 Å². The van der Waals surface area contributed by atoms with E-state index in [9.17, 15) is 59.9 Å². The minimum absolute atomic E-state index is 0.175. The second kappa shape index (κ2) is 14.2. The minimum Gasteiger partial charge on any atom is -0.394 e. The van der Waals surface area contributed by atoms with Gasteiger partial charge in [0, 0.05) is 13.0 Å². The SMILES string of the molecule is CCCCCCN(CCCCC(F)(F)C(F)(F)C(F)(F)C(F)(F)F)CC(O)C(O)C(O)C(O)CO. The Hall–Kier alpha value is -0.870. The van der Waals surface area contributed by atoms with Crippen molar-refractivity contribution in [2.75, 3.05) is 26.2 Å². The summed E-state index contributed by atoms with van der Waals surface area (Å²) in [4.78, 5) is 1.40. The molecule has 6 nitrogen and oxygen atoms in total. The molecule has 4 unspecified atom stereocenters. The number of hydrogen-bond acceptors (Lipinski definition) is 6. The third-order valence-electron chi connectivity index (χ3n) is 5.52. The van der Waals surface area contributed by atoms with Gasteiger partial charge in [0.05, 0.1) is 12.7 Å². The molecule has 212 valence electrons. The third kappa shape index (κ3) is 9.50. The van der Waals surface area contributed by atoms with Gasteiger partial charge in [-0.3, -0.25) is 0 Å². The Morgan fingerprint density at radius 2 is 1.14 bits per heavy atom. The molecular formula is C20H34F9NO5. The summed E-state index contributed by atoms with van der Waals surface area (Å²) >= 11 is 0. The van der Waals surface area contributed by atoms with E-state index in [2.05, 4.69) is 0 Å². The Morgan fingerprint density at radius 1 is 0.657 bits per heavy atom. The van der Waals surface area contributed by atoms with Gasteiger partial charge in [0.15, 0.2) is 0 Å². The summed E-state index contributed by atoms with van der Waals surface area (Å²) in [6, 6.07) is 0. The summed E-state index contributed by atoms with van der Waals surface area (Å²) in [5.41, 5.74) is 0. The topological polar surface area (TPSA) is 104 Å². The van der Waals surface area contributed by atoms with Crippen LogP contribution in [0.3, 0.4) is 0 Å². The fourth-order valence-corrected chi connectivity index (χ4v) is 3.24. The van der Waals surface area contributed by atoms with Crippen molar-refractivity contribution in [3.05, 3.63) is 0 Å². The van der Waals surface area contributed by atoms with E-state index in [1.165, 1.54) is 4.90 Å². The van der Waals surface area contributed by atoms with Crippen LogP contribution in [0.4, 0.5) is 39.5 Å². The number of aliphatic hydroxyl groups is 5. The molecule has 0 heterocycles. The maximum absolute atomic E-state index is 13.7. The third-order valence-corrected chi connectivity index (χ3v) is 5.52. The van der Waals surface area contributed by atoms with Crippen LogP contribution < -0.4 is 0 Å². The number of hydrogen-bond donors (Lipinski definition) is 5. The summed E-state index contributed by atoms with van der Waals surface area (Å²) in [6.45, 7) is 0.677. The van der Waals surface area contributed by atoms with Crippen molar-refractivity contribution in [2.45, 2.75) is 100 Å². The molecule has 0 fully saturated rings. The molecular weight excluding hydrogens is 505 g/mol. The maximum Gasteiger partial charge on any atom is 0.460 e. The molecule has 0 aromatic rings. The fraction of sp³-hybridized carbons (Fsp3) is 1.00. The molecule has 0 bridgehead atoms. The van der Waals surface area contributed by atoms with E-state index in [1.807, 2.05) is 6.92 Å². The van der Waals surface area contributed by atoms with E-state index in [1.54, 1.807) is 0 Å². The van der Waals surface area contributed by atoms with Crippen LogP contribution in [0.2, 0.25) is 0 Å². The highest BCUT2D eigenvalue weighted by molar-refractivity contribution is 5.00. The van der Waals surface area contributed by atoms with Gasteiger partial charge in [-0.15, -0.1) is 0 Å². The molecule has 5 N–H and O–H groups in total. The predicted octanol–water partition coefficient (Wildman–Crippen LogP) is 2.94. The summed E-state index contributed by atoms with van der Waals surface area (Å²) in [5, 5.41) is 47.9. The van der Waals surface area contributed by atoms with Gasteiger partial charge in [-0.2, -0.15) is 39.5 Å². The summed E-state index contributed by atoms with van der Waals surface area (Å²) in [7, 11) is 0. The molecule has 0 amide bonds. The van der Waals surface area contributed by atoms with Gasteiger partial charge in [0.2, 0.25) is 0 Å². The first kappa shape index (κ1) is 34.1. The van der Waals surface area contributed by atoms with Crippen molar-refractivity contribution in [2.24, 2.45) is 0 Å². The Morgan fingerprint density at radius 3 is 1.60 bits per heavy atom. The number of nitrogens with zero attached hydrogens (tertiary/aromatic N) is 1. The van der Waals surface area contributed by atoms with Gasteiger partial charge < -0.3 is 30.4 Å². The first-order valence-electron chi connectivity index (χ1n) is 11.1. The average Bonchev–Trinajstić information content (AvgIpc) is 2.76. The summed E-state index contributed by atoms with van der Waals surface area (Å²) in [6.07, 6.45) is -14.4. The first-order chi connectivity index (χ1) is 15.9. The number of halogens is 9. The lowest BCUT2D eigenvalue weighted by Gasteiger charge is -2.34. The molecule has 0 aromatic carbocycles. The Balaban J connectivity index is 5.10. The highest BCUT2D eigenvalue weighted by Gasteiger charge is 2.81. The van der Waals surface area contributed by atoms with Crippen molar-refractivity contribution in [3.8, 4) is 0 Å². The zero-order valence-electron chi connectivity index (χ0n) is 19.2. The monoisotopic (exact) mass is 539 g/mol. The van der Waals surface area contributed by atoms with Crippen LogP contribution in [0.25, 0.3) is 0 Å². The highest BCUT2D eigenvalue weighted by Crippen LogP contribution is 2.54. The molecule has 0 saturated heterocycles. The predicted molar refractivity (Wildman–Crippen MR) is 106 cm³/mol. The zero-order chi connectivity index (χ0) is 27.7. The molecule has 0 aliphatic heterocycles. The lowest BCUT2D eigenvalue weighted by atomic mass is 9.98. The van der Waals surface area contributed by atoms with Crippen LogP contribution >= 0.6 is 0 Å². The Bertz CT molecular complexity index is 596. The highest BCUT2D eigenvalue weighted by atomic mass is 19.4. The fourth-order valence-electron chi connectivity index (χ4n) is 3.24. The molecule has 0 radical (unpaired) electrons. The second-order valence-corrected chi connectivity index (χ2v) is 8.47. The molecule has 0 aliphatic carbocycles. The van der Waals surface area contributed by atoms with Crippen molar-refractivity contribution in [1.82, 2.24) is 4.90 Å². The number of alkyl halides is 9. The van der Waals surface area contributed by atoms with Crippen molar-refractivity contribution >= 4 is 0 Å². The van der Waals surface area contributed by atoms with E-state index < -0.39 is 67.8 Å². The maximum atomic E-state index is 13.7. The quantitative estimate of drug-likeness (QED) is 0.136. The molecule has 0 saturated carbocycles. The van der Waals surface area contributed by atoms with Crippen molar-refractivity contribution in [3.63, 3.8) is 0 Å². The van der Waals surface area contributed by atoms with Crippen LogP contribution in [0.1, 0.15) is 51.9 Å². The van der Waals surface area contributed by atoms with E-state index in [4.69, 9.17) is 5.11 Å². The number of unbranched alkanes of at least 4 members (excludes halogenated alkanes) is 4. The minimum atomic E-state index is -6.94. The second-order valence-electron chi connectivity index (χ2n) is 8.47. The van der Waals surface area contributed by atoms with Crippen LogP contribution in [0, 0.1) is 0 Å². The van der Waals surface area contributed by atoms with Gasteiger partial charge in [-0.25, -0.2) is 0 Å². The first-order valence-corrected chi connectivity index (χ1v) is 11.1.